The molecule has 0 bridgehead atoms. The van der Waals surface area contributed by atoms with Crippen LogP contribution in [0.1, 0.15) is 18.2 Å². The summed E-state index contributed by atoms with van der Waals surface area (Å²) >= 11 is 0.960. The number of amides is 3. The molecule has 0 spiro atoms. The molecule has 2 rings (SSSR count). The lowest BCUT2D eigenvalue weighted by atomic mass is 10.2. The van der Waals surface area contributed by atoms with Gasteiger partial charge in [-0.1, -0.05) is 42.1 Å². The van der Waals surface area contributed by atoms with Crippen molar-refractivity contribution in [2.45, 2.75) is 30.3 Å². The third-order valence-electron chi connectivity index (χ3n) is 3.52. The Bertz CT molecular complexity index is 900. The van der Waals surface area contributed by atoms with Gasteiger partial charge in [0, 0.05) is 12.6 Å². The number of nitrogens with zero attached hydrogens (tertiary/aromatic N) is 1. The van der Waals surface area contributed by atoms with E-state index in [4.69, 9.17) is 0 Å². The first-order chi connectivity index (χ1) is 13.4. The van der Waals surface area contributed by atoms with Gasteiger partial charge in [-0.15, -0.1) is 0 Å². The van der Waals surface area contributed by atoms with E-state index in [0.29, 0.717) is 0 Å². The number of rotatable bonds is 7. The molecular weight excluding hydrogens is 384 g/mol. The normalized spacial score (nSPS) is 11.4. The average molecular weight is 404 g/mol. The largest absolute Gasteiger partial charge is 0.469 e. The van der Waals surface area contributed by atoms with Crippen molar-refractivity contribution in [1.29, 1.82) is 0 Å². The lowest BCUT2D eigenvalue weighted by molar-refractivity contribution is -0.139. The van der Waals surface area contributed by atoms with Crippen molar-refractivity contribution in [3.8, 4) is 0 Å². The standard InChI is InChI=1S/C18H20N4O5S/c1-11(16(25)22-17(26)19-10-12-6-4-3-5-7-12)28-18-20-13(8-14(23)21-18)9-15(24)27-2/h3-8,11H,9-10H2,1-2H3,(H,20,21,23)(H2,19,22,25,26)/t11-/m1/s1. The van der Waals surface area contributed by atoms with Crippen molar-refractivity contribution in [1.82, 2.24) is 20.6 Å². The number of nitrogens with one attached hydrogen (secondary N) is 3. The van der Waals surface area contributed by atoms with E-state index in [2.05, 4.69) is 25.3 Å². The molecule has 1 atom stereocenters. The number of urea groups is 1. The second-order valence-corrected chi connectivity index (χ2v) is 7.04. The molecule has 9 nitrogen and oxygen atoms in total. The number of benzene rings is 1. The van der Waals surface area contributed by atoms with E-state index in [9.17, 15) is 19.2 Å². The summed E-state index contributed by atoms with van der Waals surface area (Å²) in [5.41, 5.74) is 0.674. The predicted molar refractivity (Wildman–Crippen MR) is 103 cm³/mol. The van der Waals surface area contributed by atoms with E-state index < -0.39 is 28.7 Å². The Balaban J connectivity index is 1.90. The van der Waals surface area contributed by atoms with Gasteiger partial charge in [0.1, 0.15) is 0 Å². The number of imide groups is 1. The zero-order chi connectivity index (χ0) is 20.5. The second kappa shape index (κ2) is 10.3. The number of hydrogen-bond donors (Lipinski definition) is 3. The summed E-state index contributed by atoms with van der Waals surface area (Å²) in [6.07, 6.45) is -0.156. The topological polar surface area (TPSA) is 130 Å². The Kier molecular flexibility index (Phi) is 7.76. The summed E-state index contributed by atoms with van der Waals surface area (Å²) in [7, 11) is 1.24. The second-order valence-electron chi connectivity index (χ2n) is 5.71. The van der Waals surface area contributed by atoms with Crippen LogP contribution in [0.15, 0.2) is 46.3 Å². The third-order valence-corrected chi connectivity index (χ3v) is 4.50. The highest BCUT2D eigenvalue weighted by Gasteiger charge is 2.19. The Morgan fingerprint density at radius 3 is 2.64 bits per heavy atom. The van der Waals surface area contributed by atoms with Crippen LogP contribution < -0.4 is 16.2 Å². The summed E-state index contributed by atoms with van der Waals surface area (Å²) in [5.74, 6) is -1.08. The van der Waals surface area contributed by atoms with Gasteiger partial charge in [-0.2, -0.15) is 0 Å². The van der Waals surface area contributed by atoms with Crippen LogP contribution >= 0.6 is 11.8 Å². The molecule has 1 heterocycles. The molecule has 0 radical (unpaired) electrons. The first-order valence-corrected chi connectivity index (χ1v) is 9.21. The zero-order valence-electron chi connectivity index (χ0n) is 15.4. The van der Waals surface area contributed by atoms with E-state index in [-0.39, 0.29) is 23.8 Å². The zero-order valence-corrected chi connectivity index (χ0v) is 16.2. The van der Waals surface area contributed by atoms with Crippen molar-refractivity contribution in [2.24, 2.45) is 0 Å². The van der Waals surface area contributed by atoms with Gasteiger partial charge >= 0.3 is 12.0 Å². The van der Waals surface area contributed by atoms with Gasteiger partial charge in [-0.05, 0) is 12.5 Å². The van der Waals surface area contributed by atoms with Crippen molar-refractivity contribution >= 4 is 29.7 Å². The number of aromatic amines is 1. The quantitative estimate of drug-likeness (QED) is 0.356. The molecule has 0 saturated carbocycles. The monoisotopic (exact) mass is 404 g/mol. The molecule has 1 aromatic carbocycles. The van der Waals surface area contributed by atoms with Crippen molar-refractivity contribution in [2.75, 3.05) is 7.11 Å². The van der Waals surface area contributed by atoms with Gasteiger partial charge in [0.15, 0.2) is 5.16 Å². The highest BCUT2D eigenvalue weighted by atomic mass is 32.2. The smallest absolute Gasteiger partial charge is 0.321 e. The fourth-order valence-electron chi connectivity index (χ4n) is 2.11. The number of methoxy groups -OCH3 is 1. The average Bonchev–Trinajstić information content (AvgIpc) is 2.66. The molecule has 0 aliphatic rings. The summed E-state index contributed by atoms with van der Waals surface area (Å²) in [5, 5.41) is 4.28. The minimum Gasteiger partial charge on any atom is -0.469 e. The summed E-state index contributed by atoms with van der Waals surface area (Å²) < 4.78 is 4.55. The molecule has 28 heavy (non-hydrogen) atoms. The van der Waals surface area contributed by atoms with Crippen LogP contribution in [-0.4, -0.2) is 40.2 Å². The maximum atomic E-state index is 12.2. The number of aromatic nitrogens is 2. The molecule has 10 heteroatoms. The fourth-order valence-corrected chi connectivity index (χ4v) is 2.94. The van der Waals surface area contributed by atoms with Gasteiger partial charge < -0.3 is 15.0 Å². The molecular formula is C18H20N4O5S. The molecule has 0 aliphatic carbocycles. The summed E-state index contributed by atoms with van der Waals surface area (Å²) in [4.78, 5) is 53.7. The third kappa shape index (κ3) is 6.88. The van der Waals surface area contributed by atoms with Crippen LogP contribution in [0.3, 0.4) is 0 Å². The van der Waals surface area contributed by atoms with Gasteiger partial charge in [0.25, 0.3) is 5.56 Å². The van der Waals surface area contributed by atoms with Crippen LogP contribution in [0.4, 0.5) is 4.79 Å². The van der Waals surface area contributed by atoms with Crippen LogP contribution in [0.25, 0.3) is 0 Å². The summed E-state index contributed by atoms with van der Waals surface area (Å²) in [6.45, 7) is 1.85. The number of carbonyl (C=O) groups excluding carboxylic acids is 3. The van der Waals surface area contributed by atoms with Crippen molar-refractivity contribution in [3.63, 3.8) is 0 Å². The number of thioether (sulfide) groups is 1. The number of ether oxygens (including phenoxy) is 1. The molecule has 148 valence electrons. The molecule has 3 N–H and O–H groups in total. The van der Waals surface area contributed by atoms with Crippen LogP contribution in [0.5, 0.6) is 0 Å². The van der Waals surface area contributed by atoms with E-state index in [1.54, 1.807) is 6.92 Å². The Labute approximate surface area is 165 Å². The minimum atomic E-state index is -0.709. The van der Waals surface area contributed by atoms with Crippen LogP contribution in [-0.2, 0) is 27.3 Å². The molecule has 0 unspecified atom stereocenters. The SMILES string of the molecule is COC(=O)Cc1cc(=O)[nH]c(S[C@H](C)C(=O)NC(=O)NCc2ccccc2)n1. The fraction of sp³-hybridized carbons (Fsp3) is 0.278. The van der Waals surface area contributed by atoms with Gasteiger partial charge in [0.05, 0.1) is 24.5 Å². The Hall–Kier alpha value is -3.14. The number of hydrogen-bond acceptors (Lipinski definition) is 7. The van der Waals surface area contributed by atoms with E-state index in [0.717, 1.165) is 17.3 Å². The molecule has 0 aliphatic heterocycles. The maximum Gasteiger partial charge on any atom is 0.321 e. The lowest BCUT2D eigenvalue weighted by Gasteiger charge is -2.12. The lowest BCUT2D eigenvalue weighted by Crippen LogP contribution is -2.42. The predicted octanol–water partition coefficient (Wildman–Crippen LogP) is 0.992. The van der Waals surface area contributed by atoms with E-state index in [1.165, 1.54) is 13.2 Å². The molecule has 0 fully saturated rings. The number of carbonyl (C=O) groups is 3. The van der Waals surface area contributed by atoms with Crippen LogP contribution in [0, 0.1) is 0 Å². The molecule has 1 aromatic heterocycles. The highest BCUT2D eigenvalue weighted by Crippen LogP contribution is 2.18. The van der Waals surface area contributed by atoms with E-state index >= 15 is 0 Å². The Morgan fingerprint density at radius 1 is 1.25 bits per heavy atom. The molecule has 3 amide bonds. The van der Waals surface area contributed by atoms with Gasteiger partial charge in [0.2, 0.25) is 5.91 Å². The minimum absolute atomic E-state index is 0.156. The molecule has 2 aromatic rings. The van der Waals surface area contributed by atoms with Crippen LogP contribution in [0.2, 0.25) is 0 Å². The Morgan fingerprint density at radius 2 is 1.96 bits per heavy atom. The number of H-pyrrole nitrogens is 1. The number of esters is 1. The summed E-state index contributed by atoms with van der Waals surface area (Å²) in [6, 6.07) is 9.82. The first kappa shape index (κ1) is 21.2. The van der Waals surface area contributed by atoms with E-state index in [1.807, 2.05) is 30.3 Å². The van der Waals surface area contributed by atoms with Crippen molar-refractivity contribution < 1.29 is 19.1 Å². The molecule has 0 saturated heterocycles. The first-order valence-electron chi connectivity index (χ1n) is 8.33. The highest BCUT2D eigenvalue weighted by molar-refractivity contribution is 8.00. The van der Waals surface area contributed by atoms with Gasteiger partial charge in [-0.25, -0.2) is 9.78 Å². The van der Waals surface area contributed by atoms with Gasteiger partial charge in [-0.3, -0.25) is 19.7 Å². The van der Waals surface area contributed by atoms with Crippen molar-refractivity contribution in [3.05, 3.63) is 58.0 Å². The maximum absolute atomic E-state index is 12.2.